The number of likely N-dealkylation sites (tertiary alicyclic amines) is 1. The lowest BCUT2D eigenvalue weighted by Gasteiger charge is -2.31. The average molecular weight is 484 g/mol. The van der Waals surface area contributed by atoms with Crippen molar-refractivity contribution in [3.63, 3.8) is 0 Å². The highest BCUT2D eigenvalue weighted by Gasteiger charge is 2.26. The van der Waals surface area contributed by atoms with Gasteiger partial charge in [-0.05, 0) is 51.6 Å². The highest BCUT2D eigenvalue weighted by atomic mass is 127. The van der Waals surface area contributed by atoms with Crippen molar-refractivity contribution < 1.29 is 4.21 Å². The van der Waals surface area contributed by atoms with Crippen molar-refractivity contribution >= 4 is 40.7 Å². The first kappa shape index (κ1) is 23.1. The third-order valence-electron chi connectivity index (χ3n) is 5.48. The van der Waals surface area contributed by atoms with E-state index in [1.165, 1.54) is 32.4 Å². The van der Waals surface area contributed by atoms with Crippen molar-refractivity contribution in [3.05, 3.63) is 0 Å². The smallest absolute Gasteiger partial charge is 0.191 e. The lowest BCUT2D eigenvalue weighted by molar-refractivity contribution is 0.236. The fourth-order valence-corrected chi connectivity index (χ4v) is 5.34. The Bertz CT molecular complexity index is 429. The summed E-state index contributed by atoms with van der Waals surface area (Å²) < 4.78 is 12.1. The van der Waals surface area contributed by atoms with Crippen LogP contribution in [0, 0.1) is 0 Å². The summed E-state index contributed by atoms with van der Waals surface area (Å²) >= 11 is 0. The van der Waals surface area contributed by atoms with Crippen LogP contribution < -0.4 is 10.6 Å². The average Bonchev–Trinajstić information content (AvgIpc) is 3.15. The van der Waals surface area contributed by atoms with Gasteiger partial charge >= 0.3 is 0 Å². The topological polar surface area (TPSA) is 56.7 Å². The fraction of sp³-hybridized carbons (Fsp3) is 0.944. The molecule has 1 heterocycles. The molecule has 0 spiro atoms. The lowest BCUT2D eigenvalue weighted by atomic mass is 9.95. The van der Waals surface area contributed by atoms with Crippen molar-refractivity contribution in [3.8, 4) is 0 Å². The van der Waals surface area contributed by atoms with Gasteiger partial charge in [0.05, 0.1) is 0 Å². The second kappa shape index (κ2) is 12.5. The van der Waals surface area contributed by atoms with E-state index in [1.54, 1.807) is 0 Å². The summed E-state index contributed by atoms with van der Waals surface area (Å²) in [6.07, 6.45) is 8.27. The summed E-state index contributed by atoms with van der Waals surface area (Å²) in [5.41, 5.74) is 0. The second-order valence-electron chi connectivity index (χ2n) is 7.06. The molecule has 1 aliphatic carbocycles. The van der Waals surface area contributed by atoms with E-state index in [0.717, 1.165) is 43.9 Å². The molecular weight excluding hydrogens is 447 g/mol. The van der Waals surface area contributed by atoms with Gasteiger partial charge in [-0.2, -0.15) is 0 Å². The number of hydrogen-bond donors (Lipinski definition) is 2. The van der Waals surface area contributed by atoms with E-state index in [-0.39, 0.29) is 24.0 Å². The van der Waals surface area contributed by atoms with Crippen molar-refractivity contribution in [2.45, 2.75) is 76.1 Å². The van der Waals surface area contributed by atoms with Crippen LogP contribution in [0.4, 0.5) is 0 Å². The Morgan fingerprint density at radius 2 is 1.96 bits per heavy atom. The van der Waals surface area contributed by atoms with Gasteiger partial charge in [-0.3, -0.25) is 14.1 Å². The number of halogens is 1. The number of aliphatic imine (C=N–C) groups is 1. The van der Waals surface area contributed by atoms with Crippen LogP contribution in [0.25, 0.3) is 0 Å². The summed E-state index contributed by atoms with van der Waals surface area (Å²) in [6, 6.07) is 0.995. The van der Waals surface area contributed by atoms with Crippen LogP contribution in [-0.4, -0.2) is 64.8 Å². The summed E-state index contributed by atoms with van der Waals surface area (Å²) in [5, 5.41) is 7.45. The number of rotatable bonds is 7. The van der Waals surface area contributed by atoms with Crippen molar-refractivity contribution in [2.24, 2.45) is 4.99 Å². The van der Waals surface area contributed by atoms with Gasteiger partial charge in [0.25, 0.3) is 0 Å². The van der Waals surface area contributed by atoms with Crippen molar-refractivity contribution in [2.75, 3.05) is 32.4 Å². The molecule has 0 radical (unpaired) electrons. The maximum Gasteiger partial charge on any atom is 0.191 e. The van der Waals surface area contributed by atoms with E-state index in [9.17, 15) is 4.21 Å². The summed E-state index contributed by atoms with van der Waals surface area (Å²) in [7, 11) is 1.17. The first-order valence-electron chi connectivity index (χ1n) is 9.76. The second-order valence-corrected chi connectivity index (χ2v) is 9.06. The SMILES string of the molecule is CCC(CNC(=NC)NC1CCCC(S(=O)CC)C1)N1CCCC1.I. The van der Waals surface area contributed by atoms with Crippen LogP contribution in [0.5, 0.6) is 0 Å². The minimum atomic E-state index is -0.672. The normalized spacial score (nSPS) is 27.4. The number of nitrogens with zero attached hydrogens (tertiary/aromatic N) is 2. The predicted molar refractivity (Wildman–Crippen MR) is 120 cm³/mol. The highest BCUT2D eigenvalue weighted by molar-refractivity contribution is 14.0. The van der Waals surface area contributed by atoms with E-state index in [0.29, 0.717) is 17.3 Å². The molecule has 4 atom stereocenters. The summed E-state index contributed by atoms with van der Waals surface area (Å²) in [4.78, 5) is 7.00. The van der Waals surface area contributed by atoms with Gasteiger partial charge in [-0.15, -0.1) is 24.0 Å². The van der Waals surface area contributed by atoms with E-state index >= 15 is 0 Å². The third kappa shape index (κ3) is 7.33. The molecule has 2 aliphatic rings. The molecule has 25 heavy (non-hydrogen) atoms. The monoisotopic (exact) mass is 484 g/mol. The van der Waals surface area contributed by atoms with Gasteiger partial charge in [0, 0.05) is 47.5 Å². The molecule has 7 heteroatoms. The molecule has 148 valence electrons. The standard InChI is InChI=1S/C18H36N4OS.HI/c1-4-16(22-11-6-7-12-22)14-20-18(19-3)21-15-9-8-10-17(13-15)24(23)5-2;/h15-17H,4-14H2,1-3H3,(H2,19,20,21);1H. The number of hydrogen-bond acceptors (Lipinski definition) is 3. The molecule has 0 aromatic heterocycles. The van der Waals surface area contributed by atoms with Crippen molar-refractivity contribution in [1.82, 2.24) is 15.5 Å². The third-order valence-corrected chi connectivity index (χ3v) is 7.22. The first-order valence-corrected chi connectivity index (χ1v) is 11.1. The van der Waals surface area contributed by atoms with Gasteiger partial charge < -0.3 is 10.6 Å². The van der Waals surface area contributed by atoms with E-state index in [4.69, 9.17) is 0 Å². The van der Waals surface area contributed by atoms with E-state index in [1.807, 2.05) is 14.0 Å². The van der Waals surface area contributed by atoms with Crippen LogP contribution in [0.15, 0.2) is 4.99 Å². The van der Waals surface area contributed by atoms with Crippen LogP contribution in [-0.2, 0) is 10.8 Å². The summed E-state index contributed by atoms with van der Waals surface area (Å²) in [6.45, 7) is 7.72. The van der Waals surface area contributed by atoms with Gasteiger partial charge in [-0.1, -0.05) is 20.3 Å². The molecule has 2 fully saturated rings. The predicted octanol–water partition coefficient (Wildman–Crippen LogP) is 2.72. The van der Waals surface area contributed by atoms with Crippen LogP contribution >= 0.6 is 24.0 Å². The Kier molecular flexibility index (Phi) is 11.6. The Morgan fingerprint density at radius 1 is 1.24 bits per heavy atom. The minimum absolute atomic E-state index is 0. The van der Waals surface area contributed by atoms with Crippen LogP contribution in [0.3, 0.4) is 0 Å². The fourth-order valence-electron chi connectivity index (χ4n) is 3.99. The van der Waals surface area contributed by atoms with Gasteiger partial charge in [0.15, 0.2) is 5.96 Å². The Balaban J connectivity index is 0.00000312. The van der Waals surface area contributed by atoms with Gasteiger partial charge in [0.2, 0.25) is 0 Å². The maximum absolute atomic E-state index is 12.1. The molecule has 0 aromatic rings. The molecule has 0 aromatic carbocycles. The zero-order chi connectivity index (χ0) is 17.4. The van der Waals surface area contributed by atoms with Crippen LogP contribution in [0.1, 0.15) is 58.8 Å². The number of guanidine groups is 1. The van der Waals surface area contributed by atoms with Gasteiger partial charge in [-0.25, -0.2) is 0 Å². The minimum Gasteiger partial charge on any atom is -0.355 e. The zero-order valence-electron chi connectivity index (χ0n) is 16.1. The highest BCUT2D eigenvalue weighted by Crippen LogP contribution is 2.23. The van der Waals surface area contributed by atoms with Crippen molar-refractivity contribution in [1.29, 1.82) is 0 Å². The molecule has 1 saturated heterocycles. The van der Waals surface area contributed by atoms with Gasteiger partial charge in [0.1, 0.15) is 0 Å². The molecule has 1 saturated carbocycles. The maximum atomic E-state index is 12.1. The van der Waals surface area contributed by atoms with Crippen LogP contribution in [0.2, 0.25) is 0 Å². The lowest BCUT2D eigenvalue weighted by Crippen LogP contribution is -2.50. The molecular formula is C18H37IN4OS. The Labute approximate surface area is 173 Å². The Hall–Kier alpha value is 0.110. The molecule has 0 bridgehead atoms. The molecule has 1 aliphatic heterocycles. The number of nitrogens with one attached hydrogen (secondary N) is 2. The molecule has 0 amide bonds. The molecule has 2 rings (SSSR count). The molecule has 2 N–H and O–H groups in total. The van der Waals surface area contributed by atoms with E-state index < -0.39 is 10.8 Å². The largest absolute Gasteiger partial charge is 0.355 e. The molecule has 4 unspecified atom stereocenters. The molecule has 5 nitrogen and oxygen atoms in total. The quantitative estimate of drug-likeness (QED) is 0.332. The first-order chi connectivity index (χ1) is 11.7. The van der Waals surface area contributed by atoms with E-state index in [2.05, 4.69) is 27.4 Å². The summed E-state index contributed by atoms with van der Waals surface area (Å²) in [5.74, 6) is 1.68. The zero-order valence-corrected chi connectivity index (χ0v) is 19.3. The Morgan fingerprint density at radius 3 is 2.56 bits per heavy atom.